The van der Waals surface area contributed by atoms with Gasteiger partial charge in [-0.15, -0.1) is 0 Å². The number of nitrogens with zero attached hydrogens (tertiary/aromatic N) is 3. The number of hydrogen-bond donors (Lipinski definition) is 1. The number of fused-ring (bicyclic) bond motifs is 1. The molecule has 0 aliphatic carbocycles. The molecule has 0 atom stereocenters. The van der Waals surface area contributed by atoms with E-state index >= 15 is 0 Å². The van der Waals surface area contributed by atoms with Crippen LogP contribution in [-0.4, -0.2) is 46.1 Å². The molecule has 4 rings (SSSR count). The second-order valence-electron chi connectivity index (χ2n) is 6.96. The van der Waals surface area contributed by atoms with Gasteiger partial charge in [0.15, 0.2) is 0 Å². The lowest BCUT2D eigenvalue weighted by molar-refractivity contribution is -0.121. The van der Waals surface area contributed by atoms with Gasteiger partial charge in [-0.3, -0.25) is 14.3 Å². The molecule has 0 bridgehead atoms. The van der Waals surface area contributed by atoms with Gasteiger partial charge in [0.2, 0.25) is 5.91 Å². The topological polar surface area (TPSA) is 67.2 Å². The van der Waals surface area contributed by atoms with Gasteiger partial charge in [0.25, 0.3) is 5.91 Å². The van der Waals surface area contributed by atoms with Gasteiger partial charge in [0.1, 0.15) is 5.69 Å². The second kappa shape index (κ2) is 8.49. The minimum Gasteiger partial charge on any atom is -0.354 e. The highest BCUT2D eigenvalue weighted by Crippen LogP contribution is 2.23. The minimum absolute atomic E-state index is 0.0507. The molecule has 2 heterocycles. The Kier molecular flexibility index (Phi) is 5.62. The first-order chi connectivity index (χ1) is 14.1. The average Bonchev–Trinajstić information content (AvgIpc) is 3.17. The Morgan fingerprint density at radius 2 is 1.83 bits per heavy atom. The number of amides is 2. The number of carbonyl (C=O) groups is 2. The van der Waals surface area contributed by atoms with E-state index < -0.39 is 0 Å². The maximum Gasteiger partial charge on any atom is 0.272 e. The van der Waals surface area contributed by atoms with E-state index in [1.54, 1.807) is 27.8 Å². The van der Waals surface area contributed by atoms with Crippen molar-refractivity contribution in [2.75, 3.05) is 19.6 Å². The number of carbonyl (C=O) groups excluding carboxylic acids is 2. The van der Waals surface area contributed by atoms with E-state index in [4.69, 9.17) is 11.6 Å². The van der Waals surface area contributed by atoms with Crippen LogP contribution in [0.5, 0.6) is 0 Å². The zero-order valence-electron chi connectivity index (χ0n) is 15.8. The fourth-order valence-corrected chi connectivity index (χ4v) is 3.50. The van der Waals surface area contributed by atoms with Crippen LogP contribution in [0.3, 0.4) is 0 Å². The summed E-state index contributed by atoms with van der Waals surface area (Å²) < 4.78 is 1.70. The van der Waals surface area contributed by atoms with Crippen molar-refractivity contribution in [2.24, 2.45) is 0 Å². The standard InChI is InChI=1S/C22H21ClN4O2/c23-18-8-6-17(7-9-18)19-14-20-22(29)26(12-13-27(20)25-19)15-21(28)24-11-10-16-4-2-1-3-5-16/h1-9,14H,10-13,15H2,(H,24,28). The summed E-state index contributed by atoms with van der Waals surface area (Å²) in [6.45, 7) is 1.62. The minimum atomic E-state index is -0.179. The van der Waals surface area contributed by atoms with E-state index in [0.29, 0.717) is 30.4 Å². The summed E-state index contributed by atoms with van der Waals surface area (Å²) in [6, 6.07) is 19.1. The lowest BCUT2D eigenvalue weighted by atomic mass is 10.1. The fraction of sp³-hybridized carbons (Fsp3) is 0.227. The number of rotatable bonds is 6. The summed E-state index contributed by atoms with van der Waals surface area (Å²) in [5.74, 6) is -0.331. The lowest BCUT2D eigenvalue weighted by Gasteiger charge is -2.26. The summed E-state index contributed by atoms with van der Waals surface area (Å²) >= 11 is 5.94. The van der Waals surface area contributed by atoms with Gasteiger partial charge >= 0.3 is 0 Å². The van der Waals surface area contributed by atoms with Crippen LogP contribution < -0.4 is 5.32 Å². The Bertz CT molecular complexity index is 1020. The molecule has 0 saturated carbocycles. The fourth-order valence-electron chi connectivity index (χ4n) is 3.37. The van der Waals surface area contributed by atoms with Gasteiger partial charge in [-0.25, -0.2) is 0 Å². The third-order valence-corrected chi connectivity index (χ3v) is 5.17. The smallest absolute Gasteiger partial charge is 0.272 e. The molecular weight excluding hydrogens is 388 g/mol. The summed E-state index contributed by atoms with van der Waals surface area (Å²) in [4.78, 5) is 26.7. The molecule has 6 nitrogen and oxygen atoms in total. The first-order valence-electron chi connectivity index (χ1n) is 9.54. The van der Waals surface area contributed by atoms with Crippen molar-refractivity contribution in [3.63, 3.8) is 0 Å². The molecule has 1 N–H and O–H groups in total. The molecule has 2 aromatic carbocycles. The van der Waals surface area contributed by atoms with E-state index in [-0.39, 0.29) is 18.4 Å². The molecule has 3 aromatic rings. The Morgan fingerprint density at radius 3 is 2.59 bits per heavy atom. The van der Waals surface area contributed by atoms with Crippen molar-refractivity contribution in [2.45, 2.75) is 13.0 Å². The molecule has 2 amide bonds. The molecule has 7 heteroatoms. The number of hydrogen-bond acceptors (Lipinski definition) is 3. The molecule has 0 spiro atoms. The maximum absolute atomic E-state index is 12.8. The van der Waals surface area contributed by atoms with Crippen molar-refractivity contribution in [3.05, 3.63) is 76.9 Å². The monoisotopic (exact) mass is 408 g/mol. The van der Waals surface area contributed by atoms with Crippen molar-refractivity contribution >= 4 is 23.4 Å². The maximum atomic E-state index is 12.8. The van der Waals surface area contributed by atoms with Gasteiger partial charge < -0.3 is 10.2 Å². The van der Waals surface area contributed by atoms with Crippen LogP contribution in [0.15, 0.2) is 60.7 Å². The normalized spacial score (nSPS) is 13.3. The summed E-state index contributed by atoms with van der Waals surface area (Å²) in [5, 5.41) is 8.07. The van der Waals surface area contributed by atoms with Crippen LogP contribution in [0.2, 0.25) is 5.02 Å². The SMILES string of the molecule is O=C(CN1CCn2nc(-c3ccc(Cl)cc3)cc2C1=O)NCCc1ccccc1. The summed E-state index contributed by atoms with van der Waals surface area (Å²) in [5.41, 5.74) is 3.28. The Hall–Kier alpha value is -3.12. The van der Waals surface area contributed by atoms with Crippen LogP contribution in [0, 0.1) is 0 Å². The van der Waals surface area contributed by atoms with E-state index in [9.17, 15) is 9.59 Å². The second-order valence-corrected chi connectivity index (χ2v) is 7.39. The van der Waals surface area contributed by atoms with Crippen molar-refractivity contribution in [3.8, 4) is 11.3 Å². The van der Waals surface area contributed by atoms with E-state index in [0.717, 1.165) is 17.7 Å². The van der Waals surface area contributed by atoms with Crippen molar-refractivity contribution < 1.29 is 9.59 Å². The Labute approximate surface area is 174 Å². The molecule has 1 aromatic heterocycles. The highest BCUT2D eigenvalue weighted by atomic mass is 35.5. The molecule has 1 aliphatic rings. The van der Waals surface area contributed by atoms with Crippen LogP contribution in [0.4, 0.5) is 0 Å². The quantitative estimate of drug-likeness (QED) is 0.681. The predicted octanol–water partition coefficient (Wildman–Crippen LogP) is 3.02. The third kappa shape index (κ3) is 4.49. The highest BCUT2D eigenvalue weighted by Gasteiger charge is 2.28. The van der Waals surface area contributed by atoms with Crippen molar-refractivity contribution in [1.29, 1.82) is 0 Å². The molecule has 29 heavy (non-hydrogen) atoms. The summed E-state index contributed by atoms with van der Waals surface area (Å²) in [7, 11) is 0. The van der Waals surface area contributed by atoms with E-state index in [2.05, 4.69) is 10.4 Å². The van der Waals surface area contributed by atoms with E-state index in [1.165, 1.54) is 5.56 Å². The van der Waals surface area contributed by atoms with Crippen LogP contribution >= 0.6 is 11.6 Å². The largest absolute Gasteiger partial charge is 0.354 e. The van der Waals surface area contributed by atoms with Crippen LogP contribution in [0.1, 0.15) is 16.1 Å². The first kappa shape index (κ1) is 19.2. The molecule has 0 fully saturated rings. The van der Waals surface area contributed by atoms with Crippen molar-refractivity contribution in [1.82, 2.24) is 20.0 Å². The number of aromatic nitrogens is 2. The zero-order chi connectivity index (χ0) is 20.2. The zero-order valence-corrected chi connectivity index (χ0v) is 16.6. The number of nitrogens with one attached hydrogen (secondary N) is 1. The molecule has 0 radical (unpaired) electrons. The Balaban J connectivity index is 1.36. The summed E-state index contributed by atoms with van der Waals surface area (Å²) in [6.07, 6.45) is 0.762. The van der Waals surface area contributed by atoms with Gasteiger partial charge in [-0.05, 0) is 30.2 Å². The van der Waals surface area contributed by atoms with Crippen LogP contribution in [-0.2, 0) is 17.8 Å². The third-order valence-electron chi connectivity index (χ3n) is 4.92. The first-order valence-corrected chi connectivity index (χ1v) is 9.91. The molecule has 0 saturated heterocycles. The Morgan fingerprint density at radius 1 is 1.07 bits per heavy atom. The van der Waals surface area contributed by atoms with Gasteiger partial charge in [0.05, 0.1) is 18.8 Å². The molecular formula is C22H21ClN4O2. The molecule has 1 aliphatic heterocycles. The van der Waals surface area contributed by atoms with E-state index in [1.807, 2.05) is 42.5 Å². The number of halogens is 1. The van der Waals surface area contributed by atoms with Gasteiger partial charge in [0, 0.05) is 23.7 Å². The number of benzene rings is 2. The highest BCUT2D eigenvalue weighted by molar-refractivity contribution is 6.30. The van der Waals surface area contributed by atoms with Gasteiger partial charge in [-0.2, -0.15) is 5.10 Å². The predicted molar refractivity (Wildman–Crippen MR) is 112 cm³/mol. The average molecular weight is 409 g/mol. The van der Waals surface area contributed by atoms with Gasteiger partial charge in [-0.1, -0.05) is 54.1 Å². The lowest BCUT2D eigenvalue weighted by Crippen LogP contribution is -2.46. The van der Waals surface area contributed by atoms with Crippen LogP contribution in [0.25, 0.3) is 11.3 Å². The molecule has 148 valence electrons. The molecule has 0 unspecified atom stereocenters.